The van der Waals surface area contributed by atoms with Gasteiger partial charge in [-0.3, -0.25) is 9.79 Å². The van der Waals surface area contributed by atoms with Gasteiger partial charge in [0.2, 0.25) is 5.91 Å². The number of halogens is 1. The summed E-state index contributed by atoms with van der Waals surface area (Å²) in [5, 5.41) is 5.94. The van der Waals surface area contributed by atoms with Gasteiger partial charge in [0, 0.05) is 18.7 Å². The van der Waals surface area contributed by atoms with Crippen LogP contribution in [0, 0.1) is 5.92 Å². The van der Waals surface area contributed by atoms with Crippen molar-refractivity contribution in [1.29, 1.82) is 0 Å². The zero-order valence-corrected chi connectivity index (χ0v) is 18.0. The van der Waals surface area contributed by atoms with Crippen LogP contribution in [-0.2, 0) is 4.79 Å². The zero-order valence-electron chi connectivity index (χ0n) is 15.7. The van der Waals surface area contributed by atoms with Crippen LogP contribution in [0.3, 0.4) is 0 Å². The summed E-state index contributed by atoms with van der Waals surface area (Å²) in [7, 11) is 0. The fourth-order valence-electron chi connectivity index (χ4n) is 3.00. The Morgan fingerprint density at radius 1 is 1.27 bits per heavy atom. The van der Waals surface area contributed by atoms with Gasteiger partial charge in [0.1, 0.15) is 5.75 Å². The highest BCUT2D eigenvalue weighted by molar-refractivity contribution is 14.0. The molecule has 0 aliphatic heterocycles. The number of carbonyl (C=O) groups excluding carboxylic acids is 1. The van der Waals surface area contributed by atoms with Gasteiger partial charge < -0.3 is 21.1 Å². The first-order chi connectivity index (χ1) is 12.0. The lowest BCUT2D eigenvalue weighted by Gasteiger charge is -2.11. The van der Waals surface area contributed by atoms with Crippen LogP contribution >= 0.6 is 24.0 Å². The van der Waals surface area contributed by atoms with Gasteiger partial charge in [-0.15, -0.1) is 24.0 Å². The molecule has 1 aliphatic rings. The first-order valence-electron chi connectivity index (χ1n) is 9.13. The number of carbonyl (C=O) groups is 1. The Kier molecular flexibility index (Phi) is 10.4. The van der Waals surface area contributed by atoms with E-state index < -0.39 is 0 Å². The minimum absolute atomic E-state index is 0. The van der Waals surface area contributed by atoms with Gasteiger partial charge in [-0.25, -0.2) is 0 Å². The molecule has 7 heteroatoms. The second-order valence-electron chi connectivity index (χ2n) is 6.79. The molecule has 0 bridgehead atoms. The number of nitrogens with zero attached hydrogens (tertiary/aromatic N) is 1. The molecule has 0 unspecified atom stereocenters. The third-order valence-corrected chi connectivity index (χ3v) is 4.16. The lowest BCUT2D eigenvalue weighted by atomic mass is 10.0. The van der Waals surface area contributed by atoms with E-state index >= 15 is 0 Å². The SMILES string of the molecule is CC(C)Oc1ccc(NC(N)=NCCNC(=O)CC2CCCC2)cc1.I. The molecule has 1 aliphatic carbocycles. The Hall–Kier alpha value is -1.51. The van der Waals surface area contributed by atoms with E-state index in [1.807, 2.05) is 38.1 Å². The molecular formula is C19H31IN4O2. The van der Waals surface area contributed by atoms with E-state index in [9.17, 15) is 4.79 Å². The molecule has 1 fully saturated rings. The molecule has 1 aromatic carbocycles. The van der Waals surface area contributed by atoms with Crippen LogP contribution in [0.4, 0.5) is 5.69 Å². The van der Waals surface area contributed by atoms with Crippen LogP contribution in [0.25, 0.3) is 0 Å². The number of amides is 1. The highest BCUT2D eigenvalue weighted by Crippen LogP contribution is 2.27. The first-order valence-corrected chi connectivity index (χ1v) is 9.13. The van der Waals surface area contributed by atoms with E-state index in [-0.39, 0.29) is 36.0 Å². The Morgan fingerprint density at radius 2 is 1.92 bits per heavy atom. The van der Waals surface area contributed by atoms with Crippen molar-refractivity contribution in [2.24, 2.45) is 16.6 Å². The van der Waals surface area contributed by atoms with Gasteiger partial charge in [-0.2, -0.15) is 0 Å². The Balaban J connectivity index is 0.00000338. The number of rotatable bonds is 8. The van der Waals surface area contributed by atoms with Crippen molar-refractivity contribution in [3.63, 3.8) is 0 Å². The van der Waals surface area contributed by atoms with Gasteiger partial charge >= 0.3 is 0 Å². The minimum Gasteiger partial charge on any atom is -0.491 e. The maximum Gasteiger partial charge on any atom is 0.220 e. The summed E-state index contributed by atoms with van der Waals surface area (Å²) in [5.74, 6) is 1.84. The second-order valence-corrected chi connectivity index (χ2v) is 6.79. The number of nitrogens with two attached hydrogens (primary N) is 1. The molecule has 0 aromatic heterocycles. The number of benzene rings is 1. The molecule has 0 atom stereocenters. The molecule has 1 saturated carbocycles. The molecule has 2 rings (SSSR count). The lowest BCUT2D eigenvalue weighted by molar-refractivity contribution is -0.121. The molecule has 1 aromatic rings. The fraction of sp³-hybridized carbons (Fsp3) is 0.579. The summed E-state index contributed by atoms with van der Waals surface area (Å²) in [4.78, 5) is 16.1. The van der Waals surface area contributed by atoms with Crippen LogP contribution in [0.5, 0.6) is 5.75 Å². The van der Waals surface area contributed by atoms with Gasteiger partial charge in [-0.1, -0.05) is 12.8 Å². The number of aliphatic imine (C=N–C) groups is 1. The molecular weight excluding hydrogens is 443 g/mol. The molecule has 0 radical (unpaired) electrons. The molecule has 4 N–H and O–H groups in total. The van der Waals surface area contributed by atoms with E-state index in [0.29, 0.717) is 31.4 Å². The fourth-order valence-corrected chi connectivity index (χ4v) is 3.00. The monoisotopic (exact) mass is 474 g/mol. The quantitative estimate of drug-likeness (QED) is 0.233. The predicted molar refractivity (Wildman–Crippen MR) is 117 cm³/mol. The van der Waals surface area contributed by atoms with Crippen molar-refractivity contribution in [3.8, 4) is 5.75 Å². The average molecular weight is 474 g/mol. The molecule has 0 spiro atoms. The number of hydrogen-bond donors (Lipinski definition) is 3. The Bertz CT molecular complexity index is 569. The highest BCUT2D eigenvalue weighted by atomic mass is 127. The lowest BCUT2D eigenvalue weighted by Crippen LogP contribution is -2.29. The van der Waals surface area contributed by atoms with Gasteiger partial charge in [0.05, 0.1) is 12.6 Å². The van der Waals surface area contributed by atoms with Crippen molar-refractivity contribution in [1.82, 2.24) is 5.32 Å². The van der Waals surface area contributed by atoms with Crippen LogP contribution in [0.1, 0.15) is 46.0 Å². The number of anilines is 1. The highest BCUT2D eigenvalue weighted by Gasteiger charge is 2.17. The summed E-state index contributed by atoms with van der Waals surface area (Å²) in [6.45, 7) is 4.95. The van der Waals surface area contributed by atoms with Crippen molar-refractivity contribution in [2.45, 2.75) is 52.1 Å². The third-order valence-electron chi connectivity index (χ3n) is 4.16. The van der Waals surface area contributed by atoms with Crippen molar-refractivity contribution in [3.05, 3.63) is 24.3 Å². The summed E-state index contributed by atoms with van der Waals surface area (Å²) < 4.78 is 5.59. The molecule has 0 heterocycles. The molecule has 26 heavy (non-hydrogen) atoms. The summed E-state index contributed by atoms with van der Waals surface area (Å²) in [5.41, 5.74) is 6.72. The van der Waals surface area contributed by atoms with Crippen LogP contribution in [0.2, 0.25) is 0 Å². The predicted octanol–water partition coefficient (Wildman–Crippen LogP) is 3.51. The average Bonchev–Trinajstić information content (AvgIpc) is 3.06. The van der Waals surface area contributed by atoms with Gasteiger partial charge in [-0.05, 0) is 56.9 Å². The Labute approximate surface area is 173 Å². The van der Waals surface area contributed by atoms with Gasteiger partial charge in [0.25, 0.3) is 0 Å². The Morgan fingerprint density at radius 3 is 2.54 bits per heavy atom. The number of guanidine groups is 1. The maximum atomic E-state index is 11.8. The summed E-state index contributed by atoms with van der Waals surface area (Å²) in [6.07, 6.45) is 5.67. The van der Waals surface area contributed by atoms with Crippen molar-refractivity contribution in [2.75, 3.05) is 18.4 Å². The van der Waals surface area contributed by atoms with Crippen molar-refractivity contribution < 1.29 is 9.53 Å². The molecule has 6 nitrogen and oxygen atoms in total. The zero-order chi connectivity index (χ0) is 18.1. The van der Waals surface area contributed by atoms with E-state index in [4.69, 9.17) is 10.5 Å². The van der Waals surface area contributed by atoms with E-state index in [1.165, 1.54) is 25.7 Å². The second kappa shape index (κ2) is 12.0. The largest absolute Gasteiger partial charge is 0.491 e. The van der Waals surface area contributed by atoms with E-state index in [1.54, 1.807) is 0 Å². The van der Waals surface area contributed by atoms with Gasteiger partial charge in [0.15, 0.2) is 5.96 Å². The third kappa shape index (κ3) is 8.73. The molecule has 0 saturated heterocycles. The standard InChI is InChI=1S/C19H30N4O2.HI/c1-14(2)25-17-9-7-16(8-10-17)23-19(20)22-12-11-21-18(24)13-15-5-3-4-6-15;/h7-10,14-15H,3-6,11-13H2,1-2H3,(H,21,24)(H3,20,22,23);1H. The summed E-state index contributed by atoms with van der Waals surface area (Å²) in [6, 6.07) is 7.56. The van der Waals surface area contributed by atoms with Crippen molar-refractivity contribution >= 4 is 41.5 Å². The summed E-state index contributed by atoms with van der Waals surface area (Å²) >= 11 is 0. The molecule has 146 valence electrons. The number of nitrogens with one attached hydrogen (secondary N) is 2. The van der Waals surface area contributed by atoms with Crippen LogP contribution in [0.15, 0.2) is 29.3 Å². The number of ether oxygens (including phenoxy) is 1. The van der Waals surface area contributed by atoms with E-state index in [0.717, 1.165) is 11.4 Å². The van der Waals surface area contributed by atoms with Crippen LogP contribution in [-0.4, -0.2) is 31.1 Å². The maximum absolute atomic E-state index is 11.8. The van der Waals surface area contributed by atoms with Crippen LogP contribution < -0.4 is 21.1 Å². The number of hydrogen-bond acceptors (Lipinski definition) is 3. The first kappa shape index (κ1) is 22.5. The minimum atomic E-state index is 0. The normalized spacial score (nSPS) is 14.8. The smallest absolute Gasteiger partial charge is 0.220 e. The topological polar surface area (TPSA) is 88.7 Å². The molecule has 1 amide bonds. The van der Waals surface area contributed by atoms with E-state index in [2.05, 4.69) is 15.6 Å².